The molecule has 0 amide bonds. The van der Waals surface area contributed by atoms with Crippen molar-refractivity contribution in [3.63, 3.8) is 0 Å². The third kappa shape index (κ3) is 3.98. The number of hydrogen-bond donors (Lipinski definition) is 1. The van der Waals surface area contributed by atoms with Gasteiger partial charge in [0.1, 0.15) is 10.3 Å². The van der Waals surface area contributed by atoms with Crippen molar-refractivity contribution in [2.24, 2.45) is 5.10 Å². The molecule has 1 N–H and O–H groups in total. The van der Waals surface area contributed by atoms with E-state index in [0.29, 0.717) is 10.3 Å². The van der Waals surface area contributed by atoms with Crippen molar-refractivity contribution in [1.29, 1.82) is 0 Å². The molecule has 0 atom stereocenters. The van der Waals surface area contributed by atoms with Gasteiger partial charge >= 0.3 is 0 Å². The molecule has 1 heterocycles. The molecule has 0 radical (unpaired) electrons. The number of hydrogen-bond acceptors (Lipinski definition) is 3. The summed E-state index contributed by atoms with van der Waals surface area (Å²) in [7, 11) is 0. The number of halogens is 3. The van der Waals surface area contributed by atoms with Gasteiger partial charge in [-0.15, -0.1) is 0 Å². The van der Waals surface area contributed by atoms with Crippen LogP contribution in [0.15, 0.2) is 46.0 Å². The van der Waals surface area contributed by atoms with Crippen LogP contribution in [0.1, 0.15) is 5.56 Å². The second-order valence-corrected chi connectivity index (χ2v) is 5.11. The Morgan fingerprint density at radius 1 is 1.11 bits per heavy atom. The molecule has 1 aromatic heterocycles. The Labute approximate surface area is 123 Å². The SMILES string of the molecule is Clc1cc(/C=N/Nc2ccc(Br)cc2)cc(Cl)n1. The highest BCUT2D eigenvalue weighted by molar-refractivity contribution is 9.10. The van der Waals surface area contributed by atoms with Gasteiger partial charge in [0.15, 0.2) is 0 Å². The summed E-state index contributed by atoms with van der Waals surface area (Å²) in [5.74, 6) is 0. The third-order valence-corrected chi connectivity index (χ3v) is 2.95. The first kappa shape index (κ1) is 13.3. The molecule has 0 unspecified atom stereocenters. The lowest BCUT2D eigenvalue weighted by Gasteiger charge is -2.00. The maximum Gasteiger partial charge on any atom is 0.131 e. The highest BCUT2D eigenvalue weighted by atomic mass is 79.9. The van der Waals surface area contributed by atoms with Crippen LogP contribution in [0.25, 0.3) is 0 Å². The Bertz CT molecular complexity index is 550. The Kier molecular flexibility index (Phi) is 4.58. The lowest BCUT2D eigenvalue weighted by molar-refractivity contribution is 1.31. The lowest BCUT2D eigenvalue weighted by atomic mass is 10.3. The van der Waals surface area contributed by atoms with E-state index in [1.54, 1.807) is 18.3 Å². The molecule has 0 aliphatic rings. The van der Waals surface area contributed by atoms with E-state index in [1.165, 1.54) is 0 Å². The molecular weight excluding hydrogens is 337 g/mol. The number of pyridine rings is 1. The molecule has 0 saturated heterocycles. The lowest BCUT2D eigenvalue weighted by Crippen LogP contribution is -1.91. The highest BCUT2D eigenvalue weighted by Crippen LogP contribution is 2.15. The maximum absolute atomic E-state index is 5.78. The van der Waals surface area contributed by atoms with Crippen molar-refractivity contribution in [2.75, 3.05) is 5.43 Å². The maximum atomic E-state index is 5.78. The third-order valence-electron chi connectivity index (χ3n) is 2.04. The van der Waals surface area contributed by atoms with Gasteiger partial charge in [0, 0.05) is 10.0 Å². The van der Waals surface area contributed by atoms with E-state index >= 15 is 0 Å². The standard InChI is InChI=1S/C12H8BrCl2N3/c13-9-1-3-10(4-2-9)18-16-7-8-5-11(14)17-12(15)6-8/h1-7,18H/b16-7+. The van der Waals surface area contributed by atoms with E-state index in [4.69, 9.17) is 23.2 Å². The Morgan fingerprint density at radius 3 is 2.33 bits per heavy atom. The summed E-state index contributed by atoms with van der Waals surface area (Å²) in [6.07, 6.45) is 1.63. The molecule has 0 aliphatic carbocycles. The number of hydrazone groups is 1. The normalized spacial score (nSPS) is 10.8. The first-order valence-electron chi connectivity index (χ1n) is 5.01. The minimum Gasteiger partial charge on any atom is -0.279 e. The second kappa shape index (κ2) is 6.18. The van der Waals surface area contributed by atoms with Gasteiger partial charge in [-0.1, -0.05) is 39.1 Å². The fourth-order valence-corrected chi connectivity index (χ4v) is 2.01. The number of nitrogens with zero attached hydrogens (tertiary/aromatic N) is 2. The predicted molar refractivity (Wildman–Crippen MR) is 79.6 cm³/mol. The zero-order chi connectivity index (χ0) is 13.0. The van der Waals surface area contributed by atoms with Crippen LogP contribution in [0.4, 0.5) is 5.69 Å². The van der Waals surface area contributed by atoms with Crippen molar-refractivity contribution in [3.05, 3.63) is 56.7 Å². The Balaban J connectivity index is 2.05. The molecule has 2 rings (SSSR count). The molecule has 92 valence electrons. The van der Waals surface area contributed by atoms with Gasteiger partial charge in [-0.3, -0.25) is 5.43 Å². The van der Waals surface area contributed by atoms with Crippen molar-refractivity contribution < 1.29 is 0 Å². The van der Waals surface area contributed by atoms with Crippen LogP contribution in [0, 0.1) is 0 Å². The fraction of sp³-hybridized carbons (Fsp3) is 0. The van der Waals surface area contributed by atoms with Gasteiger partial charge in [-0.2, -0.15) is 5.10 Å². The molecule has 0 spiro atoms. The second-order valence-electron chi connectivity index (χ2n) is 3.42. The van der Waals surface area contributed by atoms with Crippen molar-refractivity contribution in [2.45, 2.75) is 0 Å². The summed E-state index contributed by atoms with van der Waals surface area (Å²) < 4.78 is 1.02. The van der Waals surface area contributed by atoms with Crippen LogP contribution in [-0.4, -0.2) is 11.2 Å². The molecule has 2 aromatic rings. The molecule has 6 heteroatoms. The number of aromatic nitrogens is 1. The van der Waals surface area contributed by atoms with E-state index < -0.39 is 0 Å². The Morgan fingerprint density at radius 2 is 1.72 bits per heavy atom. The highest BCUT2D eigenvalue weighted by Gasteiger charge is 1.96. The van der Waals surface area contributed by atoms with E-state index in [-0.39, 0.29) is 0 Å². The van der Waals surface area contributed by atoms with Gasteiger partial charge < -0.3 is 0 Å². The molecule has 0 aliphatic heterocycles. The molecule has 18 heavy (non-hydrogen) atoms. The van der Waals surface area contributed by atoms with E-state index in [1.807, 2.05) is 24.3 Å². The van der Waals surface area contributed by atoms with Gasteiger partial charge in [0.25, 0.3) is 0 Å². The van der Waals surface area contributed by atoms with Crippen LogP contribution >= 0.6 is 39.1 Å². The largest absolute Gasteiger partial charge is 0.279 e. The van der Waals surface area contributed by atoms with E-state index in [9.17, 15) is 0 Å². The van der Waals surface area contributed by atoms with Crippen molar-refractivity contribution in [3.8, 4) is 0 Å². The van der Waals surface area contributed by atoms with Crippen LogP contribution in [-0.2, 0) is 0 Å². The number of nitrogens with one attached hydrogen (secondary N) is 1. The summed E-state index contributed by atoms with van der Waals surface area (Å²) >= 11 is 14.9. The van der Waals surface area contributed by atoms with Crippen LogP contribution in [0.3, 0.4) is 0 Å². The van der Waals surface area contributed by atoms with E-state index in [2.05, 4.69) is 31.4 Å². The Hall–Kier alpha value is -1.10. The van der Waals surface area contributed by atoms with Crippen LogP contribution in [0.5, 0.6) is 0 Å². The molecule has 0 fully saturated rings. The summed E-state index contributed by atoms with van der Waals surface area (Å²) in [6.45, 7) is 0. The molecule has 3 nitrogen and oxygen atoms in total. The van der Waals surface area contributed by atoms with Crippen molar-refractivity contribution >= 4 is 51.0 Å². The average molecular weight is 345 g/mol. The molecule has 0 bridgehead atoms. The summed E-state index contributed by atoms with van der Waals surface area (Å²) in [6, 6.07) is 11.0. The van der Waals surface area contributed by atoms with E-state index in [0.717, 1.165) is 15.7 Å². The molecule has 0 saturated carbocycles. The smallest absolute Gasteiger partial charge is 0.131 e. The average Bonchev–Trinajstić information content (AvgIpc) is 2.30. The molecular formula is C12H8BrCl2N3. The van der Waals surface area contributed by atoms with Gasteiger partial charge in [0.2, 0.25) is 0 Å². The monoisotopic (exact) mass is 343 g/mol. The first-order valence-corrected chi connectivity index (χ1v) is 6.56. The zero-order valence-electron chi connectivity index (χ0n) is 9.07. The first-order chi connectivity index (χ1) is 8.63. The number of rotatable bonds is 3. The summed E-state index contributed by atoms with van der Waals surface area (Å²) in [5.41, 5.74) is 4.57. The minimum atomic E-state index is 0.340. The van der Waals surface area contributed by atoms with Gasteiger partial charge in [-0.25, -0.2) is 4.98 Å². The topological polar surface area (TPSA) is 37.3 Å². The number of benzene rings is 1. The fourth-order valence-electron chi connectivity index (χ4n) is 1.26. The number of anilines is 1. The van der Waals surface area contributed by atoms with Gasteiger partial charge in [-0.05, 0) is 36.4 Å². The van der Waals surface area contributed by atoms with Gasteiger partial charge in [0.05, 0.1) is 11.9 Å². The van der Waals surface area contributed by atoms with Crippen LogP contribution < -0.4 is 5.43 Å². The van der Waals surface area contributed by atoms with Crippen LogP contribution in [0.2, 0.25) is 10.3 Å². The predicted octanol–water partition coefficient (Wildman–Crippen LogP) is 4.60. The summed E-state index contributed by atoms with van der Waals surface area (Å²) in [5, 5.41) is 4.77. The quantitative estimate of drug-likeness (QED) is 0.502. The van der Waals surface area contributed by atoms with Crippen molar-refractivity contribution in [1.82, 2.24) is 4.98 Å². The molecule has 1 aromatic carbocycles. The zero-order valence-corrected chi connectivity index (χ0v) is 12.2. The summed E-state index contributed by atoms with van der Waals surface area (Å²) in [4.78, 5) is 3.85. The minimum absolute atomic E-state index is 0.340.